The van der Waals surface area contributed by atoms with Gasteiger partial charge in [0.2, 0.25) is 0 Å². The van der Waals surface area contributed by atoms with Crippen LogP contribution >= 0.6 is 24.8 Å². The Labute approximate surface area is 75.0 Å². The van der Waals surface area contributed by atoms with Gasteiger partial charge in [-0.25, -0.2) is 0 Å². The SMILES string of the molecule is Cl.Cl.[CH]12[CH]3[CH]4[CH]5[CH]1[Nb]23451678[CH]2[CH]1[CH]6[CH]7[CH]28. The minimum absolute atomic E-state index is 0. The Kier molecular flexibility index (Phi) is 0.149. The van der Waals surface area contributed by atoms with Crippen molar-refractivity contribution in [1.82, 2.24) is 0 Å². The molecule has 0 aliphatic carbocycles. The summed E-state index contributed by atoms with van der Waals surface area (Å²) in [5.41, 5.74) is 0. The van der Waals surface area contributed by atoms with Crippen molar-refractivity contribution >= 4 is 24.8 Å². The van der Waals surface area contributed by atoms with E-state index >= 15 is 0 Å². The second-order valence-corrected chi connectivity index (χ2v) is 59.2. The molecule has 13 heavy (non-hydrogen) atoms. The zero-order valence-electron chi connectivity index (χ0n) is 7.04. The van der Waals surface area contributed by atoms with Gasteiger partial charge in [-0.2, -0.15) is 0 Å². The van der Waals surface area contributed by atoms with Crippen molar-refractivity contribution in [3.05, 3.63) is 0 Å². The Bertz CT molecular complexity index is 580. The van der Waals surface area contributed by atoms with E-state index in [1.807, 2.05) is 0 Å². The van der Waals surface area contributed by atoms with Crippen LogP contribution in [-0.2, 0) is 9.25 Å². The number of rotatable bonds is 0. The maximum atomic E-state index is 1.62. The van der Waals surface area contributed by atoms with Crippen LogP contribution in [0.4, 0.5) is 0 Å². The summed E-state index contributed by atoms with van der Waals surface area (Å²) >= 11 is 0. The first-order valence-corrected chi connectivity index (χ1v) is 18.6. The van der Waals surface area contributed by atoms with Crippen molar-refractivity contribution in [3.63, 3.8) is 0 Å². The predicted octanol–water partition coefficient (Wildman–Crippen LogP) is 4.22. The van der Waals surface area contributed by atoms with Crippen LogP contribution in [0.3, 0.4) is 0 Å². The van der Waals surface area contributed by atoms with Crippen LogP contribution in [0.1, 0.15) is 0 Å². The van der Waals surface area contributed by atoms with E-state index in [0.717, 1.165) is 0 Å². The van der Waals surface area contributed by atoms with Crippen LogP contribution in [0.25, 0.3) is 0 Å². The van der Waals surface area contributed by atoms with E-state index in [9.17, 15) is 0 Å². The van der Waals surface area contributed by atoms with E-state index < -0.39 is 9.25 Å². The fourth-order valence-electron chi connectivity index (χ4n) is 20.5. The molecule has 0 aromatic heterocycles. The van der Waals surface area contributed by atoms with Crippen LogP contribution < -0.4 is 0 Å². The van der Waals surface area contributed by atoms with Gasteiger partial charge < -0.3 is 0 Å². The van der Waals surface area contributed by atoms with Crippen LogP contribution in [0.2, 0.25) is 41.4 Å². The van der Waals surface area contributed by atoms with Crippen molar-refractivity contribution in [2.24, 2.45) is 0 Å². The Morgan fingerprint density at radius 1 is 0.385 bits per heavy atom. The van der Waals surface area contributed by atoms with Crippen molar-refractivity contribution in [2.75, 3.05) is 0 Å². The third kappa shape index (κ3) is 0.0421. The monoisotopic (exact) mass is 295 g/mol. The van der Waals surface area contributed by atoms with Gasteiger partial charge in [0.15, 0.2) is 0 Å². The maximum absolute atomic E-state index is 2.70. The summed E-state index contributed by atoms with van der Waals surface area (Å²) in [6, 6.07) is 0. The molecule has 10 fully saturated rings. The average molecular weight is 296 g/mol. The summed E-state index contributed by atoms with van der Waals surface area (Å²) in [5, 5.41) is 0. The van der Waals surface area contributed by atoms with Gasteiger partial charge in [-0.3, -0.25) is 0 Å². The molecule has 10 saturated heterocycles. The Hall–Kier alpha value is 1.32. The third-order valence-corrected chi connectivity index (χ3v) is 102. The summed E-state index contributed by atoms with van der Waals surface area (Å²) in [5.74, 6) is 0. The van der Waals surface area contributed by atoms with Gasteiger partial charge in [-0.1, -0.05) is 0 Å². The van der Waals surface area contributed by atoms with Gasteiger partial charge >= 0.3 is 50.6 Å². The molecule has 0 bridgehead atoms. The van der Waals surface area contributed by atoms with E-state index in [1.54, 1.807) is 41.4 Å². The van der Waals surface area contributed by atoms with Gasteiger partial charge in [-0.05, 0) is 0 Å². The topological polar surface area (TPSA) is 0 Å². The van der Waals surface area contributed by atoms with Gasteiger partial charge in [0.05, 0.1) is 0 Å². The summed E-state index contributed by atoms with van der Waals surface area (Å²) in [6.45, 7) is 0. The van der Waals surface area contributed by atoms with E-state index in [0.29, 0.717) is 0 Å². The molecule has 0 unspecified atom stereocenters. The average Bonchev–Trinajstić information content (AvgIpc) is 3.01. The second-order valence-electron chi connectivity index (χ2n) is 11.6. The van der Waals surface area contributed by atoms with Crippen molar-refractivity contribution < 1.29 is 9.25 Å². The Morgan fingerprint density at radius 2 is 0.538 bits per heavy atom. The van der Waals surface area contributed by atoms with Crippen LogP contribution in [0.15, 0.2) is 0 Å². The zero-order chi connectivity index (χ0) is 6.09. The first-order chi connectivity index (χ1) is 5.16. The summed E-state index contributed by atoms with van der Waals surface area (Å²) in [6.07, 6.45) is 0. The first-order valence-electron chi connectivity index (χ1n) is 5.92. The van der Waals surface area contributed by atoms with Gasteiger partial charge in [0.25, 0.3) is 0 Å². The quantitative estimate of drug-likeness (QED) is 0.587. The Morgan fingerprint density at radius 3 is 0.538 bits per heavy atom. The zero-order valence-corrected chi connectivity index (χ0v) is 10.9. The molecule has 0 amide bonds. The fraction of sp³-hybridized carbons (Fsp3) is 1.00. The Balaban J connectivity index is 0.000000222. The standard InChI is InChI=1S/2C5H5.2ClH.Nb/c2*1-2-4-5-3-1;;;/h2*1-5H;2*1H;. The molecule has 10 heterocycles. The van der Waals surface area contributed by atoms with Crippen LogP contribution in [0, 0.1) is 0 Å². The predicted molar refractivity (Wildman–Crippen MR) is 52.0 cm³/mol. The number of hydrogen-bond acceptors (Lipinski definition) is 0. The fourth-order valence-corrected chi connectivity index (χ4v) is 208. The first kappa shape index (κ1) is 5.59. The van der Waals surface area contributed by atoms with E-state index in [2.05, 4.69) is 0 Å². The minimum atomic E-state index is -2.70. The molecule has 3 heteroatoms. The molecular formula is C10H12Cl2Nb. The van der Waals surface area contributed by atoms with Crippen molar-refractivity contribution in [2.45, 2.75) is 41.4 Å². The van der Waals surface area contributed by atoms with Crippen molar-refractivity contribution in [1.29, 1.82) is 0 Å². The summed E-state index contributed by atoms with van der Waals surface area (Å²) in [7, 11) is -2.70. The molecule has 0 atom stereocenters. The van der Waals surface area contributed by atoms with Crippen molar-refractivity contribution in [3.8, 4) is 0 Å². The second kappa shape index (κ2) is 0.347. The molecular weight excluding hydrogens is 284 g/mol. The van der Waals surface area contributed by atoms with Crippen LogP contribution in [-0.4, -0.2) is 0 Å². The number of fused-ring (bicyclic) bond motifs is 10. The number of halogens is 2. The third-order valence-electron chi connectivity index (χ3n) is 18.1. The molecule has 10 aliphatic heterocycles. The molecule has 0 aromatic carbocycles. The molecule has 0 saturated carbocycles. The molecule has 0 nitrogen and oxygen atoms in total. The summed E-state index contributed by atoms with van der Waals surface area (Å²) < 4.78 is 16.2. The molecule has 10 rings (SSSR count). The molecule has 71 valence electrons. The number of hydrogen-bond donors (Lipinski definition) is 0. The van der Waals surface area contributed by atoms with E-state index in [4.69, 9.17) is 0 Å². The normalized spacial score (nSPS) is 145. The molecule has 0 radical (unpaired) electrons. The molecule has 0 N–H and O–H groups in total. The molecule has 0 aromatic rings. The van der Waals surface area contributed by atoms with Gasteiger partial charge in [0, 0.05) is 0 Å². The molecule has 1 spiro atoms. The molecule has 10 aliphatic rings. The van der Waals surface area contributed by atoms with E-state index in [1.165, 1.54) is 0 Å². The van der Waals surface area contributed by atoms with Gasteiger partial charge in [-0.15, -0.1) is 24.8 Å². The summed E-state index contributed by atoms with van der Waals surface area (Å²) in [4.78, 5) is 0. The van der Waals surface area contributed by atoms with E-state index in [-0.39, 0.29) is 24.8 Å². The van der Waals surface area contributed by atoms with Gasteiger partial charge in [0.1, 0.15) is 0 Å². The van der Waals surface area contributed by atoms with Crippen LogP contribution in [0.5, 0.6) is 0 Å².